The maximum absolute atomic E-state index is 12.5. The summed E-state index contributed by atoms with van der Waals surface area (Å²) < 4.78 is 38.2. The second-order valence-corrected chi connectivity index (χ2v) is 7.44. The highest BCUT2D eigenvalue weighted by Crippen LogP contribution is 2.34. The summed E-state index contributed by atoms with van der Waals surface area (Å²) in [5.41, 5.74) is 1.30. The van der Waals surface area contributed by atoms with Crippen LogP contribution < -0.4 is 19.1 Å². The molecule has 0 unspecified atom stereocenters. The van der Waals surface area contributed by atoms with Gasteiger partial charge in [-0.1, -0.05) is 11.6 Å². The van der Waals surface area contributed by atoms with Crippen LogP contribution in [0.2, 0.25) is 5.02 Å². The van der Waals surface area contributed by atoms with Crippen LogP contribution in [0.15, 0.2) is 41.3 Å². The van der Waals surface area contributed by atoms with Gasteiger partial charge in [-0.2, -0.15) is 0 Å². The third-order valence-electron chi connectivity index (χ3n) is 3.74. The number of hydrogen-bond donors (Lipinski definition) is 1. The van der Waals surface area contributed by atoms with Crippen LogP contribution in [0, 0.1) is 0 Å². The van der Waals surface area contributed by atoms with Gasteiger partial charge >= 0.3 is 0 Å². The number of halogens is 1. The van der Waals surface area contributed by atoms with Crippen LogP contribution in [0.25, 0.3) is 0 Å². The van der Waals surface area contributed by atoms with E-state index in [2.05, 4.69) is 4.72 Å². The van der Waals surface area contributed by atoms with E-state index in [0.717, 1.165) is 18.0 Å². The molecule has 24 heavy (non-hydrogen) atoms. The number of hydrogen-bond acceptors (Lipinski definition) is 5. The molecule has 0 aliphatic carbocycles. The molecule has 3 rings (SSSR count). The molecule has 0 saturated carbocycles. The van der Waals surface area contributed by atoms with Crippen LogP contribution in [0.4, 0.5) is 11.4 Å². The lowest BCUT2D eigenvalue weighted by atomic mass is 10.2. The topological polar surface area (TPSA) is 67.9 Å². The van der Waals surface area contributed by atoms with Gasteiger partial charge in [-0.3, -0.25) is 4.72 Å². The van der Waals surface area contributed by atoms with E-state index in [-0.39, 0.29) is 9.92 Å². The molecule has 1 aliphatic heterocycles. The minimum absolute atomic E-state index is 0.0654. The number of nitrogens with one attached hydrogen (secondary N) is 1. The molecule has 0 amide bonds. The number of sulfonamides is 1. The number of likely N-dealkylation sites (N-methyl/N-ethyl adjacent to an activating group) is 1. The molecule has 0 fully saturated rings. The zero-order chi connectivity index (χ0) is 17.3. The summed E-state index contributed by atoms with van der Waals surface area (Å²) in [4.78, 5) is 2.08. The number of ether oxygens (including phenoxy) is 2. The lowest BCUT2D eigenvalue weighted by molar-refractivity contribution is 0.311. The Bertz CT molecular complexity index is 870. The third kappa shape index (κ3) is 3.22. The number of methoxy groups -OCH3 is 1. The first kappa shape index (κ1) is 16.7. The van der Waals surface area contributed by atoms with Crippen LogP contribution in [0.1, 0.15) is 0 Å². The van der Waals surface area contributed by atoms with Gasteiger partial charge in [0, 0.05) is 7.05 Å². The zero-order valence-electron chi connectivity index (χ0n) is 13.2. The highest BCUT2D eigenvalue weighted by Gasteiger charge is 2.19. The maximum Gasteiger partial charge on any atom is 0.261 e. The Labute approximate surface area is 146 Å². The number of fused-ring (bicyclic) bond motifs is 1. The minimum atomic E-state index is -3.75. The quantitative estimate of drug-likeness (QED) is 0.898. The van der Waals surface area contributed by atoms with Crippen molar-refractivity contribution in [2.75, 3.05) is 36.9 Å². The summed E-state index contributed by atoms with van der Waals surface area (Å²) in [5, 5.41) is 0.235. The maximum atomic E-state index is 12.5. The Hall–Kier alpha value is -2.12. The van der Waals surface area contributed by atoms with E-state index in [1.165, 1.54) is 25.3 Å². The average molecular weight is 369 g/mol. The number of benzene rings is 2. The fraction of sp³-hybridized carbons (Fsp3) is 0.250. The van der Waals surface area contributed by atoms with E-state index in [0.29, 0.717) is 18.0 Å². The minimum Gasteiger partial charge on any atom is -0.495 e. The standard InChI is InChI=1S/C16H17ClN2O4S/c1-19-7-8-23-16-5-3-11(9-14(16)19)18-24(20,21)12-4-6-15(22-2)13(17)10-12/h3-6,9-10,18H,7-8H2,1-2H3. The Kier molecular flexibility index (Phi) is 4.47. The van der Waals surface area contributed by atoms with Gasteiger partial charge in [0.15, 0.2) is 0 Å². The Morgan fingerprint density at radius 1 is 1.25 bits per heavy atom. The van der Waals surface area contributed by atoms with E-state index >= 15 is 0 Å². The Morgan fingerprint density at radius 2 is 2.04 bits per heavy atom. The molecular formula is C16H17ClN2O4S. The van der Waals surface area contributed by atoms with Crippen LogP contribution in [0.3, 0.4) is 0 Å². The van der Waals surface area contributed by atoms with E-state index in [1.54, 1.807) is 18.2 Å². The predicted octanol–water partition coefficient (Wildman–Crippen LogP) is 2.98. The first-order valence-electron chi connectivity index (χ1n) is 7.25. The normalized spacial score (nSPS) is 13.9. The van der Waals surface area contributed by atoms with Crippen molar-refractivity contribution in [2.45, 2.75) is 4.90 Å². The van der Waals surface area contributed by atoms with Crippen LogP contribution in [-0.4, -0.2) is 35.7 Å². The highest BCUT2D eigenvalue weighted by molar-refractivity contribution is 7.92. The fourth-order valence-electron chi connectivity index (χ4n) is 2.44. The second kappa shape index (κ2) is 6.41. The van der Waals surface area contributed by atoms with Gasteiger partial charge in [0.25, 0.3) is 10.0 Å². The van der Waals surface area contributed by atoms with E-state index in [9.17, 15) is 8.42 Å². The number of rotatable bonds is 4. The lowest BCUT2D eigenvalue weighted by Gasteiger charge is -2.28. The second-order valence-electron chi connectivity index (χ2n) is 5.35. The summed E-state index contributed by atoms with van der Waals surface area (Å²) in [5.74, 6) is 1.15. The van der Waals surface area contributed by atoms with Crippen LogP contribution in [-0.2, 0) is 10.0 Å². The smallest absolute Gasteiger partial charge is 0.261 e. The van der Waals surface area contributed by atoms with Crippen molar-refractivity contribution in [3.8, 4) is 11.5 Å². The molecular weight excluding hydrogens is 352 g/mol. The van der Waals surface area contributed by atoms with Gasteiger partial charge < -0.3 is 14.4 Å². The molecule has 0 bridgehead atoms. The molecule has 128 valence electrons. The van der Waals surface area contributed by atoms with Gasteiger partial charge in [-0.25, -0.2) is 8.42 Å². The van der Waals surface area contributed by atoms with Gasteiger partial charge in [-0.15, -0.1) is 0 Å². The molecule has 0 spiro atoms. The highest BCUT2D eigenvalue weighted by atomic mass is 35.5. The average Bonchev–Trinajstić information content (AvgIpc) is 2.55. The summed E-state index contributed by atoms with van der Waals surface area (Å²) >= 11 is 6.01. The predicted molar refractivity (Wildman–Crippen MR) is 94.0 cm³/mol. The van der Waals surface area contributed by atoms with Crippen molar-refractivity contribution in [3.05, 3.63) is 41.4 Å². The largest absolute Gasteiger partial charge is 0.495 e. The number of nitrogens with zero attached hydrogens (tertiary/aromatic N) is 1. The third-order valence-corrected chi connectivity index (χ3v) is 5.41. The van der Waals surface area contributed by atoms with Crippen LogP contribution in [0.5, 0.6) is 11.5 Å². The van der Waals surface area contributed by atoms with Crippen molar-refractivity contribution in [3.63, 3.8) is 0 Å². The number of anilines is 2. The molecule has 0 radical (unpaired) electrons. The molecule has 1 heterocycles. The van der Waals surface area contributed by atoms with Gasteiger partial charge in [-0.05, 0) is 36.4 Å². The lowest BCUT2D eigenvalue weighted by Crippen LogP contribution is -2.28. The summed E-state index contributed by atoms with van der Waals surface area (Å²) in [6.45, 7) is 1.36. The fourth-order valence-corrected chi connectivity index (χ4v) is 3.84. The van der Waals surface area contributed by atoms with Crippen molar-refractivity contribution < 1.29 is 17.9 Å². The van der Waals surface area contributed by atoms with Crippen molar-refractivity contribution in [2.24, 2.45) is 0 Å². The van der Waals surface area contributed by atoms with Crippen molar-refractivity contribution >= 4 is 33.0 Å². The Morgan fingerprint density at radius 3 is 2.75 bits per heavy atom. The molecule has 0 aromatic heterocycles. The van der Waals surface area contributed by atoms with Gasteiger partial charge in [0.05, 0.1) is 34.9 Å². The summed E-state index contributed by atoms with van der Waals surface area (Å²) in [6.07, 6.45) is 0. The monoisotopic (exact) mass is 368 g/mol. The molecule has 1 N–H and O–H groups in total. The molecule has 0 atom stereocenters. The van der Waals surface area contributed by atoms with E-state index in [1.807, 2.05) is 11.9 Å². The molecule has 2 aromatic carbocycles. The van der Waals surface area contributed by atoms with Crippen molar-refractivity contribution in [1.29, 1.82) is 0 Å². The van der Waals surface area contributed by atoms with E-state index < -0.39 is 10.0 Å². The molecule has 8 heteroatoms. The van der Waals surface area contributed by atoms with Gasteiger partial charge in [0.2, 0.25) is 0 Å². The summed E-state index contributed by atoms with van der Waals surface area (Å²) in [6, 6.07) is 9.49. The first-order chi connectivity index (χ1) is 11.4. The Balaban J connectivity index is 1.90. The molecule has 1 aliphatic rings. The zero-order valence-corrected chi connectivity index (χ0v) is 14.8. The molecule has 0 saturated heterocycles. The van der Waals surface area contributed by atoms with Gasteiger partial charge in [0.1, 0.15) is 18.1 Å². The molecule has 6 nitrogen and oxygen atoms in total. The molecule has 2 aromatic rings. The first-order valence-corrected chi connectivity index (χ1v) is 9.11. The SMILES string of the molecule is COc1ccc(S(=O)(=O)Nc2ccc3c(c2)N(C)CCO3)cc1Cl. The van der Waals surface area contributed by atoms with E-state index in [4.69, 9.17) is 21.1 Å². The summed E-state index contributed by atoms with van der Waals surface area (Å²) in [7, 11) is -0.349. The van der Waals surface area contributed by atoms with Crippen LogP contribution >= 0.6 is 11.6 Å². The van der Waals surface area contributed by atoms with Crippen molar-refractivity contribution in [1.82, 2.24) is 0 Å².